The number of thiocarbonyl (C=S) groups is 1. The van der Waals surface area contributed by atoms with E-state index >= 15 is 0 Å². The van der Waals surface area contributed by atoms with Gasteiger partial charge in [-0.05, 0) is 87.4 Å². The van der Waals surface area contributed by atoms with Gasteiger partial charge in [0, 0.05) is 0 Å². The first-order valence-electron chi connectivity index (χ1n) is 9.37. The van der Waals surface area contributed by atoms with Crippen molar-refractivity contribution in [2.75, 3.05) is 0 Å². The predicted molar refractivity (Wildman–Crippen MR) is 103 cm³/mol. The van der Waals surface area contributed by atoms with Gasteiger partial charge in [-0.15, -0.1) is 0 Å². The minimum absolute atomic E-state index is 0.199. The Hall–Kier alpha value is -1.51. The molecule has 3 fully saturated rings. The number of carbonyl (C=O) groups is 1. The maximum atomic E-state index is 11.7. The van der Waals surface area contributed by atoms with Crippen molar-refractivity contribution in [2.24, 2.45) is 15.8 Å². The number of carboxylic acid groups (broad SMARTS) is 1. The quantitative estimate of drug-likeness (QED) is 0.520. The number of nitrogens with zero attached hydrogens (tertiary/aromatic N) is 1. The van der Waals surface area contributed by atoms with Crippen LogP contribution in [0.25, 0.3) is 0 Å². The highest BCUT2D eigenvalue weighted by molar-refractivity contribution is 7.78. The molecule has 0 saturated heterocycles. The number of isothiocyanates is 1. The van der Waals surface area contributed by atoms with Crippen molar-refractivity contribution in [2.45, 2.75) is 70.3 Å². The van der Waals surface area contributed by atoms with E-state index in [1.165, 1.54) is 5.56 Å². The Kier molecular flexibility index (Phi) is 5.41. The van der Waals surface area contributed by atoms with Crippen molar-refractivity contribution in [3.05, 3.63) is 35.9 Å². The van der Waals surface area contributed by atoms with Crippen molar-refractivity contribution in [1.29, 1.82) is 0 Å². The van der Waals surface area contributed by atoms with Crippen molar-refractivity contribution in [1.82, 2.24) is 0 Å². The molecule has 2 bridgehead atoms. The zero-order valence-electron chi connectivity index (χ0n) is 14.9. The molecule has 1 aromatic rings. The first-order valence-corrected chi connectivity index (χ1v) is 9.78. The van der Waals surface area contributed by atoms with Crippen molar-refractivity contribution in [3.8, 4) is 0 Å². The molecule has 0 aromatic heterocycles. The lowest BCUT2D eigenvalue weighted by Crippen LogP contribution is -2.48. The molecule has 2 unspecified atom stereocenters. The Morgan fingerprint density at radius 3 is 2.28 bits per heavy atom. The van der Waals surface area contributed by atoms with E-state index in [0.29, 0.717) is 5.92 Å². The van der Waals surface area contributed by atoms with Crippen LogP contribution in [0.5, 0.6) is 0 Å². The highest BCUT2D eigenvalue weighted by atomic mass is 32.1. The fourth-order valence-corrected chi connectivity index (χ4v) is 5.31. The molecule has 1 N–H and O–H groups in total. The minimum Gasteiger partial charge on any atom is -0.481 e. The number of fused-ring (bicyclic) bond motifs is 3. The van der Waals surface area contributed by atoms with Crippen LogP contribution in [0.2, 0.25) is 0 Å². The third-order valence-electron chi connectivity index (χ3n) is 6.85. The Bertz CT molecular complexity index is 641. The SMILES string of the molecule is CC(CCC(c1ccccc1)C12CCC(C(=O)O)(CC1)CC2)N=C=S. The number of hydrogen-bond acceptors (Lipinski definition) is 3. The number of benzene rings is 1. The lowest BCUT2D eigenvalue weighted by Gasteiger charge is -2.55. The fraction of sp³-hybridized carbons (Fsp3) is 0.619. The van der Waals surface area contributed by atoms with Gasteiger partial charge in [-0.3, -0.25) is 4.79 Å². The van der Waals surface area contributed by atoms with Gasteiger partial charge in [0.15, 0.2) is 0 Å². The molecule has 0 aliphatic heterocycles. The molecule has 1 aromatic carbocycles. The van der Waals surface area contributed by atoms with Crippen LogP contribution in [0.1, 0.15) is 69.8 Å². The van der Waals surface area contributed by atoms with Gasteiger partial charge >= 0.3 is 5.97 Å². The standard InChI is InChI=1S/C21H27NO2S/c1-16(22-15-25)7-8-18(17-5-3-2-4-6-17)20-9-12-21(13-10-20,14-11-20)19(23)24/h2-6,16,18H,7-14H2,1H3,(H,23,24). The summed E-state index contributed by atoms with van der Waals surface area (Å²) in [4.78, 5) is 15.9. The summed E-state index contributed by atoms with van der Waals surface area (Å²) in [5.41, 5.74) is 1.20. The summed E-state index contributed by atoms with van der Waals surface area (Å²) in [5, 5.41) is 12.2. The lowest BCUT2D eigenvalue weighted by atomic mass is 9.49. The first-order chi connectivity index (χ1) is 12.0. The van der Waals surface area contributed by atoms with Gasteiger partial charge in [0.2, 0.25) is 0 Å². The number of rotatable bonds is 7. The Balaban J connectivity index is 1.83. The second-order valence-electron chi connectivity index (χ2n) is 8.06. The van der Waals surface area contributed by atoms with E-state index in [0.717, 1.165) is 51.4 Å². The highest BCUT2D eigenvalue weighted by Crippen LogP contribution is 2.62. The molecule has 3 saturated carbocycles. The Morgan fingerprint density at radius 2 is 1.76 bits per heavy atom. The normalized spacial score (nSPS) is 30.3. The minimum atomic E-state index is -0.582. The molecule has 0 spiro atoms. The summed E-state index contributed by atoms with van der Waals surface area (Å²) in [6.45, 7) is 2.09. The second-order valence-corrected chi connectivity index (χ2v) is 8.24. The van der Waals surface area contributed by atoms with Crippen LogP contribution in [0.4, 0.5) is 0 Å². The van der Waals surface area contributed by atoms with E-state index in [9.17, 15) is 9.90 Å². The molecule has 0 amide bonds. The van der Waals surface area contributed by atoms with Crippen LogP contribution in [-0.4, -0.2) is 22.3 Å². The van der Waals surface area contributed by atoms with Gasteiger partial charge < -0.3 is 5.11 Å². The number of aliphatic imine (C=N–C) groups is 1. The molecule has 3 aliphatic rings. The van der Waals surface area contributed by atoms with Crippen LogP contribution in [-0.2, 0) is 4.79 Å². The zero-order chi connectivity index (χ0) is 17.9. The zero-order valence-corrected chi connectivity index (χ0v) is 15.7. The van der Waals surface area contributed by atoms with E-state index in [1.54, 1.807) is 0 Å². The average Bonchev–Trinajstić information content (AvgIpc) is 2.64. The van der Waals surface area contributed by atoms with Gasteiger partial charge in [-0.25, -0.2) is 4.99 Å². The number of aliphatic carboxylic acids is 1. The topological polar surface area (TPSA) is 49.7 Å². The molecule has 3 aliphatic carbocycles. The number of hydrogen-bond donors (Lipinski definition) is 1. The van der Waals surface area contributed by atoms with Crippen LogP contribution in [0.3, 0.4) is 0 Å². The Labute approximate surface area is 155 Å². The molecule has 25 heavy (non-hydrogen) atoms. The number of carboxylic acids is 1. The van der Waals surface area contributed by atoms with E-state index in [2.05, 4.69) is 47.4 Å². The van der Waals surface area contributed by atoms with Gasteiger partial charge in [-0.1, -0.05) is 30.3 Å². The van der Waals surface area contributed by atoms with Crippen molar-refractivity contribution in [3.63, 3.8) is 0 Å². The van der Waals surface area contributed by atoms with Crippen LogP contribution in [0.15, 0.2) is 35.3 Å². The van der Waals surface area contributed by atoms with Crippen molar-refractivity contribution >= 4 is 23.3 Å². The smallest absolute Gasteiger partial charge is 0.309 e. The maximum absolute atomic E-state index is 11.7. The predicted octanol–water partition coefficient (Wildman–Crippen LogP) is 5.47. The molecular weight excluding hydrogens is 330 g/mol. The van der Waals surface area contributed by atoms with E-state index in [4.69, 9.17) is 12.2 Å². The summed E-state index contributed by atoms with van der Waals surface area (Å²) < 4.78 is 0. The molecule has 4 heteroatoms. The van der Waals surface area contributed by atoms with Crippen LogP contribution in [0, 0.1) is 10.8 Å². The molecule has 2 atom stereocenters. The van der Waals surface area contributed by atoms with Crippen LogP contribution < -0.4 is 0 Å². The molecule has 0 heterocycles. The van der Waals surface area contributed by atoms with E-state index in [-0.39, 0.29) is 11.5 Å². The van der Waals surface area contributed by atoms with E-state index in [1.807, 2.05) is 0 Å². The highest BCUT2D eigenvalue weighted by Gasteiger charge is 2.55. The average molecular weight is 358 g/mol. The molecule has 134 valence electrons. The van der Waals surface area contributed by atoms with Crippen LogP contribution >= 0.6 is 12.2 Å². The van der Waals surface area contributed by atoms with Gasteiger partial charge in [0.25, 0.3) is 0 Å². The summed E-state index contributed by atoms with van der Waals surface area (Å²) in [6.07, 6.45) is 7.66. The third kappa shape index (κ3) is 3.56. The molecule has 4 rings (SSSR count). The Morgan fingerprint density at radius 1 is 1.16 bits per heavy atom. The largest absolute Gasteiger partial charge is 0.481 e. The summed E-state index contributed by atoms with van der Waals surface area (Å²) in [7, 11) is 0. The van der Waals surface area contributed by atoms with Crippen molar-refractivity contribution < 1.29 is 9.90 Å². The summed E-state index contributed by atoms with van der Waals surface area (Å²) >= 11 is 4.74. The second kappa shape index (κ2) is 7.39. The van der Waals surface area contributed by atoms with Gasteiger partial charge in [0.1, 0.15) is 0 Å². The van der Waals surface area contributed by atoms with Gasteiger partial charge in [0.05, 0.1) is 16.6 Å². The molecule has 3 nitrogen and oxygen atoms in total. The first kappa shape index (κ1) is 18.3. The summed E-state index contributed by atoms with van der Waals surface area (Å²) in [5.74, 6) is -0.107. The fourth-order valence-electron chi connectivity index (χ4n) is 5.13. The summed E-state index contributed by atoms with van der Waals surface area (Å²) in [6, 6.07) is 11.0. The maximum Gasteiger partial charge on any atom is 0.309 e. The monoisotopic (exact) mass is 357 g/mol. The molecular formula is C21H27NO2S. The molecule has 0 radical (unpaired) electrons. The third-order valence-corrected chi connectivity index (χ3v) is 6.95. The lowest BCUT2D eigenvalue weighted by molar-refractivity contribution is -0.160. The van der Waals surface area contributed by atoms with Gasteiger partial charge in [-0.2, -0.15) is 0 Å². The van der Waals surface area contributed by atoms with E-state index < -0.39 is 11.4 Å².